The van der Waals surface area contributed by atoms with Gasteiger partial charge in [0.1, 0.15) is 0 Å². The predicted octanol–water partition coefficient (Wildman–Crippen LogP) is 1.82. The van der Waals surface area contributed by atoms with Gasteiger partial charge in [-0.1, -0.05) is 12.1 Å². The lowest BCUT2D eigenvalue weighted by Crippen LogP contribution is -2.25. The number of benzene rings is 1. The van der Waals surface area contributed by atoms with Crippen molar-refractivity contribution in [3.8, 4) is 0 Å². The molecule has 3 N–H and O–H groups in total. The highest BCUT2D eigenvalue weighted by Gasteiger charge is 2.00. The second-order valence-electron chi connectivity index (χ2n) is 2.44. The number of hydrazine groups is 1. The predicted molar refractivity (Wildman–Crippen MR) is 54.9 cm³/mol. The molecule has 0 saturated heterocycles. The van der Waals surface area contributed by atoms with Gasteiger partial charge in [-0.25, -0.2) is 0 Å². The van der Waals surface area contributed by atoms with Crippen LogP contribution in [0.15, 0.2) is 24.3 Å². The molecule has 0 fully saturated rings. The number of nitrogens with one attached hydrogen (secondary N) is 1. The van der Waals surface area contributed by atoms with E-state index < -0.39 is 0 Å². The minimum Gasteiger partial charge on any atom is -0.271 e. The summed E-state index contributed by atoms with van der Waals surface area (Å²) >= 11 is 2.29. The molecule has 0 aliphatic carbocycles. The van der Waals surface area contributed by atoms with E-state index in [-0.39, 0.29) is 6.04 Å². The van der Waals surface area contributed by atoms with Gasteiger partial charge in [-0.15, -0.1) is 0 Å². The first-order valence-electron chi connectivity index (χ1n) is 3.45. The molecule has 2 nitrogen and oxygen atoms in total. The molecule has 1 rings (SSSR count). The number of rotatable bonds is 2. The largest absolute Gasteiger partial charge is 0.271 e. The lowest BCUT2D eigenvalue weighted by Gasteiger charge is -2.09. The SMILES string of the molecule is C[C@@H](NN)c1cccc(I)c1. The van der Waals surface area contributed by atoms with Crippen LogP contribution < -0.4 is 11.3 Å². The summed E-state index contributed by atoms with van der Waals surface area (Å²) in [6, 6.07) is 8.50. The Hall–Kier alpha value is -0.130. The van der Waals surface area contributed by atoms with Crippen LogP contribution in [-0.2, 0) is 0 Å². The van der Waals surface area contributed by atoms with Crippen molar-refractivity contribution in [2.75, 3.05) is 0 Å². The molecule has 0 heterocycles. The highest BCUT2D eigenvalue weighted by atomic mass is 127. The minimum absolute atomic E-state index is 0.227. The first kappa shape index (κ1) is 8.96. The summed E-state index contributed by atoms with van der Waals surface area (Å²) in [7, 11) is 0. The Kier molecular flexibility index (Phi) is 3.29. The van der Waals surface area contributed by atoms with Gasteiger partial charge < -0.3 is 0 Å². The van der Waals surface area contributed by atoms with Crippen LogP contribution in [0.25, 0.3) is 0 Å². The molecule has 0 aromatic heterocycles. The molecule has 0 aliphatic rings. The third-order valence-corrected chi connectivity index (χ3v) is 2.27. The van der Waals surface area contributed by atoms with E-state index in [0.29, 0.717) is 0 Å². The van der Waals surface area contributed by atoms with Crippen molar-refractivity contribution in [3.05, 3.63) is 33.4 Å². The zero-order chi connectivity index (χ0) is 8.27. The molecule has 60 valence electrons. The zero-order valence-corrected chi connectivity index (χ0v) is 8.50. The molecule has 3 heteroatoms. The third kappa shape index (κ3) is 2.43. The van der Waals surface area contributed by atoms with Gasteiger partial charge in [0, 0.05) is 9.61 Å². The van der Waals surface area contributed by atoms with E-state index in [1.165, 1.54) is 9.13 Å². The van der Waals surface area contributed by atoms with E-state index in [1.807, 2.05) is 13.0 Å². The van der Waals surface area contributed by atoms with E-state index >= 15 is 0 Å². The van der Waals surface area contributed by atoms with E-state index in [9.17, 15) is 0 Å². The van der Waals surface area contributed by atoms with E-state index in [1.54, 1.807) is 0 Å². The molecule has 1 atom stereocenters. The smallest absolute Gasteiger partial charge is 0.0432 e. The van der Waals surface area contributed by atoms with Crippen molar-refractivity contribution in [3.63, 3.8) is 0 Å². The number of hydrogen-bond acceptors (Lipinski definition) is 2. The Labute approximate surface area is 80.3 Å². The normalized spacial score (nSPS) is 13.0. The summed E-state index contributed by atoms with van der Waals surface area (Å²) in [6.07, 6.45) is 0. The zero-order valence-electron chi connectivity index (χ0n) is 6.34. The molecule has 0 radical (unpaired) electrons. The van der Waals surface area contributed by atoms with Gasteiger partial charge >= 0.3 is 0 Å². The van der Waals surface area contributed by atoms with E-state index in [2.05, 4.69) is 46.2 Å². The molecule has 0 saturated carbocycles. The number of halogens is 1. The maximum atomic E-state index is 5.30. The Morgan fingerprint density at radius 3 is 2.82 bits per heavy atom. The quantitative estimate of drug-likeness (QED) is 0.484. The summed E-state index contributed by atoms with van der Waals surface area (Å²) in [5.41, 5.74) is 3.93. The van der Waals surface area contributed by atoms with E-state index in [4.69, 9.17) is 5.84 Å². The summed E-state index contributed by atoms with van der Waals surface area (Å²) < 4.78 is 1.24. The van der Waals surface area contributed by atoms with Crippen molar-refractivity contribution >= 4 is 22.6 Å². The van der Waals surface area contributed by atoms with Crippen LogP contribution >= 0.6 is 22.6 Å². The second kappa shape index (κ2) is 4.04. The molecule has 0 aliphatic heterocycles. The number of nitrogens with two attached hydrogens (primary N) is 1. The van der Waals surface area contributed by atoms with E-state index in [0.717, 1.165) is 0 Å². The standard InChI is InChI=1S/C8H11IN2/c1-6(11-10)7-3-2-4-8(9)5-7/h2-6,11H,10H2,1H3/t6-/m1/s1. The summed E-state index contributed by atoms with van der Waals surface area (Å²) in [5.74, 6) is 5.30. The third-order valence-electron chi connectivity index (χ3n) is 1.60. The summed E-state index contributed by atoms with van der Waals surface area (Å²) in [5, 5.41) is 0. The van der Waals surface area contributed by atoms with Crippen LogP contribution in [0.4, 0.5) is 0 Å². The Bertz CT molecular complexity index is 237. The fraction of sp³-hybridized carbons (Fsp3) is 0.250. The van der Waals surface area contributed by atoms with Crippen molar-refractivity contribution < 1.29 is 0 Å². The van der Waals surface area contributed by atoms with Gasteiger partial charge in [0.2, 0.25) is 0 Å². The lowest BCUT2D eigenvalue weighted by atomic mass is 10.1. The molecular weight excluding hydrogens is 251 g/mol. The molecule has 0 amide bonds. The molecule has 1 aromatic rings. The summed E-state index contributed by atoms with van der Waals surface area (Å²) in [4.78, 5) is 0. The first-order valence-corrected chi connectivity index (χ1v) is 4.53. The monoisotopic (exact) mass is 262 g/mol. The molecule has 0 unspecified atom stereocenters. The first-order chi connectivity index (χ1) is 5.24. The maximum absolute atomic E-state index is 5.30. The van der Waals surface area contributed by atoms with Crippen molar-refractivity contribution in [2.45, 2.75) is 13.0 Å². The fourth-order valence-corrected chi connectivity index (χ4v) is 1.44. The van der Waals surface area contributed by atoms with Gasteiger partial charge in [0.25, 0.3) is 0 Å². The van der Waals surface area contributed by atoms with Gasteiger partial charge in [-0.2, -0.15) is 0 Å². The molecule has 0 bridgehead atoms. The minimum atomic E-state index is 0.227. The van der Waals surface area contributed by atoms with Gasteiger partial charge in [-0.05, 0) is 47.2 Å². The Morgan fingerprint density at radius 2 is 2.27 bits per heavy atom. The van der Waals surface area contributed by atoms with Gasteiger partial charge in [-0.3, -0.25) is 11.3 Å². The van der Waals surface area contributed by atoms with Crippen LogP contribution in [0.5, 0.6) is 0 Å². The lowest BCUT2D eigenvalue weighted by molar-refractivity contribution is 0.602. The van der Waals surface area contributed by atoms with Crippen molar-refractivity contribution in [1.82, 2.24) is 5.43 Å². The van der Waals surface area contributed by atoms with Crippen LogP contribution in [0.3, 0.4) is 0 Å². The van der Waals surface area contributed by atoms with Crippen LogP contribution in [-0.4, -0.2) is 0 Å². The van der Waals surface area contributed by atoms with Crippen LogP contribution in [0.2, 0.25) is 0 Å². The highest BCUT2D eigenvalue weighted by molar-refractivity contribution is 14.1. The van der Waals surface area contributed by atoms with Crippen LogP contribution in [0.1, 0.15) is 18.5 Å². The second-order valence-corrected chi connectivity index (χ2v) is 3.69. The van der Waals surface area contributed by atoms with Gasteiger partial charge in [0.15, 0.2) is 0 Å². The maximum Gasteiger partial charge on any atom is 0.0432 e. The molecule has 11 heavy (non-hydrogen) atoms. The highest BCUT2D eigenvalue weighted by Crippen LogP contribution is 2.13. The fourth-order valence-electron chi connectivity index (χ4n) is 0.872. The molecule has 0 spiro atoms. The van der Waals surface area contributed by atoms with Crippen molar-refractivity contribution in [2.24, 2.45) is 5.84 Å². The van der Waals surface area contributed by atoms with Crippen molar-refractivity contribution in [1.29, 1.82) is 0 Å². The summed E-state index contributed by atoms with van der Waals surface area (Å²) in [6.45, 7) is 2.03. The Balaban J connectivity index is 2.86. The average Bonchev–Trinajstić information content (AvgIpc) is 2.03. The van der Waals surface area contributed by atoms with Gasteiger partial charge in [0.05, 0.1) is 0 Å². The average molecular weight is 262 g/mol. The number of hydrogen-bond donors (Lipinski definition) is 2. The molecule has 1 aromatic carbocycles. The Morgan fingerprint density at radius 1 is 1.55 bits per heavy atom. The topological polar surface area (TPSA) is 38.0 Å². The van der Waals surface area contributed by atoms with Crippen LogP contribution in [0, 0.1) is 3.57 Å². The molecular formula is C8H11IN2.